The van der Waals surface area contributed by atoms with Gasteiger partial charge in [0.25, 0.3) is 0 Å². The van der Waals surface area contributed by atoms with Gasteiger partial charge in [0, 0.05) is 27.1 Å². The summed E-state index contributed by atoms with van der Waals surface area (Å²) in [4.78, 5) is 3.62. The van der Waals surface area contributed by atoms with Crippen LogP contribution in [0.25, 0.3) is 10.9 Å². The third kappa shape index (κ3) is 2.72. The van der Waals surface area contributed by atoms with Crippen molar-refractivity contribution in [3.8, 4) is 0 Å². The van der Waals surface area contributed by atoms with E-state index >= 15 is 0 Å². The summed E-state index contributed by atoms with van der Waals surface area (Å²) >= 11 is 3.62. The molecule has 0 saturated heterocycles. The first-order valence-electron chi connectivity index (χ1n) is 7.16. The van der Waals surface area contributed by atoms with Crippen molar-refractivity contribution >= 4 is 26.8 Å². The molecular weight excluding hydrogens is 300 g/mol. The fourth-order valence-electron chi connectivity index (χ4n) is 2.88. The molecule has 2 nitrogen and oxygen atoms in total. The largest absolute Gasteiger partial charge is 0.358 e. The normalized spacial score (nSPS) is 13.1. The second-order valence-electron chi connectivity index (χ2n) is 5.03. The Morgan fingerprint density at radius 2 is 2.00 bits per heavy atom. The van der Waals surface area contributed by atoms with Crippen molar-refractivity contribution in [1.82, 2.24) is 10.3 Å². The van der Waals surface area contributed by atoms with E-state index in [1.807, 2.05) is 0 Å². The van der Waals surface area contributed by atoms with Crippen LogP contribution in [0.3, 0.4) is 0 Å². The van der Waals surface area contributed by atoms with Gasteiger partial charge in [-0.2, -0.15) is 0 Å². The van der Waals surface area contributed by atoms with E-state index in [-0.39, 0.29) is 0 Å². The molecule has 1 aromatic carbocycles. The highest BCUT2D eigenvalue weighted by molar-refractivity contribution is 9.10. The Morgan fingerprint density at radius 3 is 2.58 bits per heavy atom. The number of aromatic nitrogens is 1. The van der Waals surface area contributed by atoms with E-state index in [0.717, 1.165) is 23.9 Å². The molecule has 1 unspecified atom stereocenters. The van der Waals surface area contributed by atoms with Crippen LogP contribution >= 0.6 is 15.9 Å². The summed E-state index contributed by atoms with van der Waals surface area (Å²) in [7, 11) is 0. The monoisotopic (exact) mass is 322 g/mol. The van der Waals surface area contributed by atoms with Crippen LogP contribution in [0, 0.1) is 6.92 Å². The minimum absolute atomic E-state index is 0.433. The third-order valence-corrected chi connectivity index (χ3v) is 4.21. The van der Waals surface area contributed by atoms with Crippen LogP contribution < -0.4 is 5.32 Å². The molecule has 0 bridgehead atoms. The Bertz CT molecular complexity index is 572. The van der Waals surface area contributed by atoms with Gasteiger partial charge in [0.1, 0.15) is 0 Å². The van der Waals surface area contributed by atoms with E-state index in [0.29, 0.717) is 6.04 Å². The SMILES string of the molecule is CCNC(CC)c1c(CC)[nH]c2c(C)cc(Br)cc12. The van der Waals surface area contributed by atoms with Crippen LogP contribution in [0.2, 0.25) is 0 Å². The van der Waals surface area contributed by atoms with Crippen LogP contribution in [0.5, 0.6) is 0 Å². The maximum Gasteiger partial charge on any atom is 0.0490 e. The van der Waals surface area contributed by atoms with Gasteiger partial charge in [-0.05, 0) is 49.6 Å². The van der Waals surface area contributed by atoms with E-state index < -0.39 is 0 Å². The second-order valence-corrected chi connectivity index (χ2v) is 5.95. The molecule has 0 aliphatic heterocycles. The molecule has 1 aromatic heterocycles. The van der Waals surface area contributed by atoms with Crippen molar-refractivity contribution in [1.29, 1.82) is 0 Å². The van der Waals surface area contributed by atoms with Crippen LogP contribution in [0.4, 0.5) is 0 Å². The van der Waals surface area contributed by atoms with Crippen molar-refractivity contribution in [2.75, 3.05) is 6.54 Å². The number of benzene rings is 1. The number of hydrogen-bond donors (Lipinski definition) is 2. The first-order valence-corrected chi connectivity index (χ1v) is 7.95. The Labute approximate surface area is 124 Å². The Kier molecular flexibility index (Phi) is 4.69. The topological polar surface area (TPSA) is 27.8 Å². The van der Waals surface area contributed by atoms with E-state index in [2.05, 4.69) is 66.1 Å². The van der Waals surface area contributed by atoms with Gasteiger partial charge in [-0.15, -0.1) is 0 Å². The molecule has 2 rings (SSSR count). The van der Waals surface area contributed by atoms with E-state index in [4.69, 9.17) is 0 Å². The predicted octanol–water partition coefficient (Wildman–Crippen LogP) is 4.86. The van der Waals surface area contributed by atoms with Gasteiger partial charge in [0.15, 0.2) is 0 Å². The number of aromatic amines is 1. The maximum atomic E-state index is 3.62. The van der Waals surface area contributed by atoms with Gasteiger partial charge in [0.05, 0.1) is 0 Å². The molecule has 1 atom stereocenters. The zero-order valence-electron chi connectivity index (χ0n) is 12.2. The van der Waals surface area contributed by atoms with Gasteiger partial charge in [0.2, 0.25) is 0 Å². The molecule has 0 radical (unpaired) electrons. The summed E-state index contributed by atoms with van der Waals surface area (Å²) in [5, 5.41) is 4.96. The van der Waals surface area contributed by atoms with Crippen LogP contribution in [-0.4, -0.2) is 11.5 Å². The number of H-pyrrole nitrogens is 1. The van der Waals surface area contributed by atoms with Crippen molar-refractivity contribution in [3.05, 3.63) is 33.4 Å². The van der Waals surface area contributed by atoms with Gasteiger partial charge in [-0.1, -0.05) is 36.7 Å². The number of nitrogens with one attached hydrogen (secondary N) is 2. The molecule has 3 heteroatoms. The van der Waals surface area contributed by atoms with Crippen LogP contribution in [0.15, 0.2) is 16.6 Å². The molecule has 0 spiro atoms. The molecule has 0 aliphatic carbocycles. The first-order chi connectivity index (χ1) is 9.12. The minimum Gasteiger partial charge on any atom is -0.358 e. The zero-order valence-corrected chi connectivity index (χ0v) is 13.8. The van der Waals surface area contributed by atoms with Crippen LogP contribution in [0.1, 0.15) is 50.1 Å². The first kappa shape index (κ1) is 14.6. The summed E-state index contributed by atoms with van der Waals surface area (Å²) in [5.41, 5.74) is 5.40. The highest BCUT2D eigenvalue weighted by Crippen LogP contribution is 2.34. The molecule has 1 heterocycles. The standard InChI is InChI=1S/C16H23BrN2/c1-5-13(18-7-3)15-12-9-11(17)8-10(4)16(12)19-14(15)6-2/h8-9,13,18-19H,5-7H2,1-4H3. The minimum atomic E-state index is 0.433. The summed E-state index contributed by atoms with van der Waals surface area (Å²) < 4.78 is 1.16. The van der Waals surface area contributed by atoms with Gasteiger partial charge < -0.3 is 10.3 Å². The lowest BCUT2D eigenvalue weighted by atomic mass is 9.98. The third-order valence-electron chi connectivity index (χ3n) is 3.75. The number of hydrogen-bond acceptors (Lipinski definition) is 1. The molecule has 0 aliphatic rings. The van der Waals surface area contributed by atoms with Crippen LogP contribution in [-0.2, 0) is 6.42 Å². The van der Waals surface area contributed by atoms with Crippen molar-refractivity contribution < 1.29 is 0 Å². The summed E-state index contributed by atoms with van der Waals surface area (Å²) in [5.74, 6) is 0. The maximum absolute atomic E-state index is 3.62. The molecule has 0 amide bonds. The summed E-state index contributed by atoms with van der Waals surface area (Å²) in [6.07, 6.45) is 2.16. The fourth-order valence-corrected chi connectivity index (χ4v) is 3.45. The van der Waals surface area contributed by atoms with Crippen molar-refractivity contribution in [2.45, 2.75) is 46.6 Å². The molecule has 0 fully saturated rings. The van der Waals surface area contributed by atoms with E-state index in [1.54, 1.807) is 0 Å². The number of halogens is 1. The smallest absolute Gasteiger partial charge is 0.0490 e. The lowest BCUT2D eigenvalue weighted by Gasteiger charge is -2.17. The van der Waals surface area contributed by atoms with Crippen molar-refractivity contribution in [2.24, 2.45) is 0 Å². The van der Waals surface area contributed by atoms with Gasteiger partial charge in [-0.25, -0.2) is 0 Å². The van der Waals surface area contributed by atoms with Gasteiger partial charge in [-0.3, -0.25) is 0 Å². The predicted molar refractivity (Wildman–Crippen MR) is 86.8 cm³/mol. The molecule has 2 aromatic rings. The number of fused-ring (bicyclic) bond motifs is 1. The Morgan fingerprint density at radius 1 is 1.26 bits per heavy atom. The number of aryl methyl sites for hydroxylation is 2. The van der Waals surface area contributed by atoms with Crippen molar-refractivity contribution in [3.63, 3.8) is 0 Å². The summed E-state index contributed by atoms with van der Waals surface area (Å²) in [6.45, 7) is 9.81. The van der Waals surface area contributed by atoms with E-state index in [9.17, 15) is 0 Å². The Hall–Kier alpha value is -0.800. The lowest BCUT2D eigenvalue weighted by molar-refractivity contribution is 0.536. The van der Waals surface area contributed by atoms with Gasteiger partial charge >= 0.3 is 0 Å². The fraction of sp³-hybridized carbons (Fsp3) is 0.500. The molecule has 19 heavy (non-hydrogen) atoms. The molecule has 2 N–H and O–H groups in total. The van der Waals surface area contributed by atoms with E-state index in [1.165, 1.54) is 27.7 Å². The molecular formula is C16H23BrN2. The summed E-state index contributed by atoms with van der Waals surface area (Å²) in [6, 6.07) is 4.85. The average molecular weight is 323 g/mol. The number of rotatable bonds is 5. The average Bonchev–Trinajstić information content (AvgIpc) is 2.74. The quantitative estimate of drug-likeness (QED) is 0.808. The highest BCUT2D eigenvalue weighted by atomic mass is 79.9. The lowest BCUT2D eigenvalue weighted by Crippen LogP contribution is -2.20. The second kappa shape index (κ2) is 6.10. The Balaban J connectivity index is 2.68. The highest BCUT2D eigenvalue weighted by Gasteiger charge is 2.19. The molecule has 0 saturated carbocycles. The zero-order chi connectivity index (χ0) is 14.0. The molecule has 104 valence electrons.